The van der Waals surface area contributed by atoms with E-state index in [-0.39, 0.29) is 0 Å². The lowest BCUT2D eigenvalue weighted by Gasteiger charge is -2.08. The molecule has 20 heavy (non-hydrogen) atoms. The van der Waals surface area contributed by atoms with Crippen molar-refractivity contribution < 1.29 is 9.32 Å². The zero-order chi connectivity index (χ0) is 14.5. The van der Waals surface area contributed by atoms with Gasteiger partial charge in [-0.15, -0.1) is 0 Å². The van der Waals surface area contributed by atoms with Gasteiger partial charge in [0.25, 0.3) is 0 Å². The average Bonchev–Trinajstić information content (AvgIpc) is 2.81. The number of benzene rings is 1. The van der Waals surface area contributed by atoms with E-state index in [1.54, 1.807) is 13.0 Å². The second kappa shape index (κ2) is 6.29. The van der Waals surface area contributed by atoms with E-state index in [9.17, 15) is 4.79 Å². The van der Waals surface area contributed by atoms with Crippen molar-refractivity contribution in [1.29, 1.82) is 0 Å². The van der Waals surface area contributed by atoms with E-state index in [2.05, 4.69) is 15.5 Å². The van der Waals surface area contributed by atoms with Crippen molar-refractivity contribution >= 4 is 5.91 Å². The SMILES string of the molecule is Cc1nc(CCNCc2ccc(C(N)=O)cc2C)no1. The third kappa shape index (κ3) is 3.64. The number of nitrogens with two attached hydrogens (primary N) is 1. The fourth-order valence-electron chi connectivity index (χ4n) is 1.91. The molecule has 0 aliphatic carbocycles. The van der Waals surface area contributed by atoms with Gasteiger partial charge in [0.2, 0.25) is 11.8 Å². The van der Waals surface area contributed by atoms with Gasteiger partial charge in [0, 0.05) is 32.0 Å². The zero-order valence-electron chi connectivity index (χ0n) is 11.6. The number of amides is 1. The van der Waals surface area contributed by atoms with Gasteiger partial charge in [0.05, 0.1) is 0 Å². The van der Waals surface area contributed by atoms with E-state index in [1.165, 1.54) is 0 Å². The van der Waals surface area contributed by atoms with Gasteiger partial charge in [0.15, 0.2) is 5.82 Å². The van der Waals surface area contributed by atoms with E-state index in [1.807, 2.05) is 19.1 Å². The average molecular weight is 274 g/mol. The second-order valence-electron chi connectivity index (χ2n) is 4.66. The third-order valence-corrected chi connectivity index (χ3v) is 3.04. The highest BCUT2D eigenvalue weighted by Gasteiger charge is 2.05. The zero-order valence-corrected chi connectivity index (χ0v) is 11.6. The van der Waals surface area contributed by atoms with Gasteiger partial charge in [-0.05, 0) is 30.2 Å². The molecular weight excluding hydrogens is 256 g/mol. The normalized spacial score (nSPS) is 10.7. The molecule has 0 aliphatic heterocycles. The Labute approximate surface area is 117 Å². The van der Waals surface area contributed by atoms with Crippen molar-refractivity contribution in [2.75, 3.05) is 6.54 Å². The van der Waals surface area contributed by atoms with Gasteiger partial charge >= 0.3 is 0 Å². The van der Waals surface area contributed by atoms with Crippen LogP contribution in [0.25, 0.3) is 0 Å². The smallest absolute Gasteiger partial charge is 0.248 e. The summed E-state index contributed by atoms with van der Waals surface area (Å²) in [4.78, 5) is 15.2. The van der Waals surface area contributed by atoms with Crippen LogP contribution in [0.1, 0.15) is 33.2 Å². The molecular formula is C14H18N4O2. The molecule has 0 radical (unpaired) electrons. The minimum atomic E-state index is -0.403. The van der Waals surface area contributed by atoms with Crippen LogP contribution in [-0.2, 0) is 13.0 Å². The summed E-state index contributed by atoms with van der Waals surface area (Å²) in [7, 11) is 0. The number of rotatable bonds is 6. The monoisotopic (exact) mass is 274 g/mol. The highest BCUT2D eigenvalue weighted by Crippen LogP contribution is 2.10. The first-order valence-electron chi connectivity index (χ1n) is 6.45. The third-order valence-electron chi connectivity index (χ3n) is 3.04. The Morgan fingerprint density at radius 3 is 2.80 bits per heavy atom. The van der Waals surface area contributed by atoms with Gasteiger partial charge < -0.3 is 15.6 Å². The molecule has 2 rings (SSSR count). The van der Waals surface area contributed by atoms with Gasteiger partial charge in [-0.25, -0.2) is 0 Å². The number of carbonyl (C=O) groups excluding carboxylic acids is 1. The van der Waals surface area contributed by atoms with Crippen LogP contribution in [-0.4, -0.2) is 22.6 Å². The number of nitrogens with zero attached hydrogens (tertiary/aromatic N) is 2. The maximum atomic E-state index is 11.1. The Balaban J connectivity index is 1.83. The number of nitrogens with one attached hydrogen (secondary N) is 1. The van der Waals surface area contributed by atoms with Crippen LogP contribution < -0.4 is 11.1 Å². The van der Waals surface area contributed by atoms with Crippen LogP contribution >= 0.6 is 0 Å². The summed E-state index contributed by atoms with van der Waals surface area (Å²) in [5.74, 6) is 0.883. The molecule has 6 heteroatoms. The molecule has 0 fully saturated rings. The molecule has 0 saturated heterocycles. The molecule has 2 aromatic rings. The van der Waals surface area contributed by atoms with Gasteiger partial charge in [-0.3, -0.25) is 4.79 Å². The summed E-state index contributed by atoms with van der Waals surface area (Å²) in [5.41, 5.74) is 7.96. The molecule has 1 aromatic heterocycles. The van der Waals surface area contributed by atoms with Crippen LogP contribution in [0, 0.1) is 13.8 Å². The summed E-state index contributed by atoms with van der Waals surface area (Å²) in [6, 6.07) is 5.47. The van der Waals surface area contributed by atoms with Crippen molar-refractivity contribution in [2.24, 2.45) is 5.73 Å². The van der Waals surface area contributed by atoms with Gasteiger partial charge in [-0.2, -0.15) is 4.98 Å². The van der Waals surface area contributed by atoms with Crippen LogP contribution in [0.3, 0.4) is 0 Å². The van der Waals surface area contributed by atoms with Gasteiger partial charge in [0.1, 0.15) is 0 Å². The van der Waals surface area contributed by atoms with E-state index in [0.717, 1.165) is 30.6 Å². The van der Waals surface area contributed by atoms with Crippen LogP contribution in [0.2, 0.25) is 0 Å². The first-order valence-corrected chi connectivity index (χ1v) is 6.45. The number of hydrogen-bond acceptors (Lipinski definition) is 5. The molecule has 0 spiro atoms. The van der Waals surface area contributed by atoms with Crippen LogP contribution in [0.4, 0.5) is 0 Å². The Morgan fingerprint density at radius 2 is 2.20 bits per heavy atom. The van der Waals surface area contributed by atoms with Crippen molar-refractivity contribution in [3.63, 3.8) is 0 Å². The van der Waals surface area contributed by atoms with E-state index in [4.69, 9.17) is 10.3 Å². The first kappa shape index (κ1) is 14.2. The second-order valence-corrected chi connectivity index (χ2v) is 4.66. The number of hydrogen-bond donors (Lipinski definition) is 2. The minimum Gasteiger partial charge on any atom is -0.366 e. The quantitative estimate of drug-likeness (QED) is 0.770. The summed E-state index contributed by atoms with van der Waals surface area (Å²) < 4.78 is 4.90. The highest BCUT2D eigenvalue weighted by atomic mass is 16.5. The number of carbonyl (C=O) groups is 1. The molecule has 0 bridgehead atoms. The molecule has 1 heterocycles. The molecule has 0 aliphatic rings. The lowest BCUT2D eigenvalue weighted by Crippen LogP contribution is -2.18. The molecule has 1 amide bonds. The fraction of sp³-hybridized carbons (Fsp3) is 0.357. The largest absolute Gasteiger partial charge is 0.366 e. The summed E-state index contributed by atoms with van der Waals surface area (Å²) >= 11 is 0. The molecule has 0 saturated carbocycles. The van der Waals surface area contributed by atoms with Crippen molar-refractivity contribution in [3.8, 4) is 0 Å². The molecule has 106 valence electrons. The predicted molar refractivity (Wildman–Crippen MR) is 74.1 cm³/mol. The predicted octanol–water partition coefficient (Wildman–Crippen LogP) is 1.12. The number of aromatic nitrogens is 2. The van der Waals surface area contributed by atoms with E-state index >= 15 is 0 Å². The Morgan fingerprint density at radius 1 is 1.40 bits per heavy atom. The van der Waals surface area contributed by atoms with E-state index in [0.29, 0.717) is 17.3 Å². The van der Waals surface area contributed by atoms with Crippen molar-refractivity contribution in [2.45, 2.75) is 26.8 Å². The van der Waals surface area contributed by atoms with Crippen molar-refractivity contribution in [1.82, 2.24) is 15.5 Å². The Hall–Kier alpha value is -2.21. The lowest BCUT2D eigenvalue weighted by molar-refractivity contribution is 0.1000. The molecule has 1 aromatic carbocycles. The molecule has 0 unspecified atom stereocenters. The highest BCUT2D eigenvalue weighted by molar-refractivity contribution is 5.93. The van der Waals surface area contributed by atoms with Crippen LogP contribution in [0.5, 0.6) is 0 Å². The first-order chi connectivity index (χ1) is 9.56. The number of primary amides is 1. The topological polar surface area (TPSA) is 94.0 Å². The molecule has 6 nitrogen and oxygen atoms in total. The summed E-state index contributed by atoms with van der Waals surface area (Å²) in [5, 5.41) is 7.14. The fourth-order valence-corrected chi connectivity index (χ4v) is 1.91. The van der Waals surface area contributed by atoms with Crippen LogP contribution in [0.15, 0.2) is 22.7 Å². The Bertz CT molecular complexity index is 607. The van der Waals surface area contributed by atoms with Gasteiger partial charge in [-0.1, -0.05) is 11.2 Å². The van der Waals surface area contributed by atoms with Crippen molar-refractivity contribution in [3.05, 3.63) is 46.6 Å². The minimum absolute atomic E-state index is 0.403. The Kier molecular flexibility index (Phi) is 4.47. The molecule has 3 N–H and O–H groups in total. The standard InChI is InChI=1S/C14H18N4O2/c1-9-7-11(14(15)19)3-4-12(9)8-16-6-5-13-17-10(2)20-18-13/h3-4,7,16H,5-6,8H2,1-2H3,(H2,15,19). The lowest BCUT2D eigenvalue weighted by atomic mass is 10.0. The maximum absolute atomic E-state index is 11.1. The van der Waals surface area contributed by atoms with E-state index < -0.39 is 5.91 Å². The maximum Gasteiger partial charge on any atom is 0.248 e. The number of aryl methyl sites for hydroxylation is 2. The summed E-state index contributed by atoms with van der Waals surface area (Å²) in [6.45, 7) is 5.22. The summed E-state index contributed by atoms with van der Waals surface area (Å²) in [6.07, 6.45) is 0.718. The molecule has 0 atom stereocenters.